The maximum atomic E-state index is 5.78. The van der Waals surface area contributed by atoms with Crippen LogP contribution in [-0.2, 0) is 9.47 Å². The van der Waals surface area contributed by atoms with Crippen molar-refractivity contribution in [2.24, 2.45) is 0 Å². The Morgan fingerprint density at radius 3 is 2.35 bits per heavy atom. The van der Waals surface area contributed by atoms with Crippen LogP contribution in [-0.4, -0.2) is 56.1 Å². The highest BCUT2D eigenvalue weighted by Crippen LogP contribution is 2.37. The SMILES string of the molecule is CN(C1CCC2(CC1)OCCO2)C1CCNC1. The van der Waals surface area contributed by atoms with Gasteiger partial charge in [0.1, 0.15) is 0 Å². The maximum Gasteiger partial charge on any atom is 0.168 e. The quantitative estimate of drug-likeness (QED) is 0.780. The third-order valence-corrected chi connectivity index (χ3v) is 4.72. The molecule has 1 unspecified atom stereocenters. The van der Waals surface area contributed by atoms with Crippen molar-refractivity contribution in [1.82, 2.24) is 10.2 Å². The van der Waals surface area contributed by atoms with E-state index in [-0.39, 0.29) is 5.79 Å². The Bertz CT molecular complexity index is 250. The largest absolute Gasteiger partial charge is 0.348 e. The molecule has 3 fully saturated rings. The number of hydrogen-bond acceptors (Lipinski definition) is 4. The standard InChI is InChI=1S/C13H24N2O2/c1-15(12-4-7-14-10-12)11-2-5-13(6-3-11)16-8-9-17-13/h11-12,14H,2-10H2,1H3. The molecule has 98 valence electrons. The summed E-state index contributed by atoms with van der Waals surface area (Å²) < 4.78 is 11.6. The van der Waals surface area contributed by atoms with E-state index in [0.29, 0.717) is 0 Å². The Balaban J connectivity index is 1.53. The van der Waals surface area contributed by atoms with E-state index >= 15 is 0 Å². The molecule has 2 saturated heterocycles. The average molecular weight is 240 g/mol. The van der Waals surface area contributed by atoms with Gasteiger partial charge in [-0.3, -0.25) is 4.90 Å². The monoisotopic (exact) mass is 240 g/mol. The van der Waals surface area contributed by atoms with Crippen LogP contribution in [0.2, 0.25) is 0 Å². The van der Waals surface area contributed by atoms with E-state index in [4.69, 9.17) is 9.47 Å². The third-order valence-electron chi connectivity index (χ3n) is 4.72. The van der Waals surface area contributed by atoms with E-state index in [1.165, 1.54) is 25.8 Å². The predicted molar refractivity (Wildman–Crippen MR) is 65.9 cm³/mol. The fourth-order valence-corrected chi connectivity index (χ4v) is 3.52. The minimum atomic E-state index is -0.203. The highest BCUT2D eigenvalue weighted by Gasteiger charge is 2.41. The van der Waals surface area contributed by atoms with Gasteiger partial charge in [-0.1, -0.05) is 0 Å². The second-order valence-electron chi connectivity index (χ2n) is 5.65. The van der Waals surface area contributed by atoms with Crippen molar-refractivity contribution in [3.05, 3.63) is 0 Å². The second-order valence-corrected chi connectivity index (χ2v) is 5.65. The minimum Gasteiger partial charge on any atom is -0.348 e. The topological polar surface area (TPSA) is 33.7 Å². The maximum absolute atomic E-state index is 5.78. The van der Waals surface area contributed by atoms with Gasteiger partial charge in [0.15, 0.2) is 5.79 Å². The van der Waals surface area contributed by atoms with Crippen LogP contribution in [0.4, 0.5) is 0 Å². The molecule has 2 heterocycles. The molecule has 17 heavy (non-hydrogen) atoms. The molecule has 4 nitrogen and oxygen atoms in total. The van der Waals surface area contributed by atoms with Crippen LogP contribution in [0.5, 0.6) is 0 Å². The van der Waals surface area contributed by atoms with E-state index in [1.54, 1.807) is 0 Å². The molecule has 1 atom stereocenters. The number of nitrogens with zero attached hydrogens (tertiary/aromatic N) is 1. The first kappa shape index (κ1) is 11.9. The third kappa shape index (κ3) is 2.36. The highest BCUT2D eigenvalue weighted by atomic mass is 16.7. The molecule has 1 spiro atoms. The molecule has 0 bridgehead atoms. The van der Waals surface area contributed by atoms with Gasteiger partial charge in [0.05, 0.1) is 13.2 Å². The summed E-state index contributed by atoms with van der Waals surface area (Å²) in [5.41, 5.74) is 0. The van der Waals surface area contributed by atoms with Crippen LogP contribution in [0, 0.1) is 0 Å². The first-order valence-electron chi connectivity index (χ1n) is 7.00. The first-order chi connectivity index (χ1) is 8.29. The van der Waals surface area contributed by atoms with Crippen molar-refractivity contribution in [2.45, 2.75) is 50.0 Å². The Kier molecular flexibility index (Phi) is 3.39. The van der Waals surface area contributed by atoms with Gasteiger partial charge < -0.3 is 14.8 Å². The van der Waals surface area contributed by atoms with Crippen molar-refractivity contribution in [3.63, 3.8) is 0 Å². The normalized spacial score (nSPS) is 33.9. The van der Waals surface area contributed by atoms with Crippen LogP contribution in [0.25, 0.3) is 0 Å². The van der Waals surface area contributed by atoms with Crippen LogP contribution in [0.1, 0.15) is 32.1 Å². The van der Waals surface area contributed by atoms with Crippen molar-refractivity contribution in [3.8, 4) is 0 Å². The van der Waals surface area contributed by atoms with Crippen LogP contribution in [0.15, 0.2) is 0 Å². The second kappa shape index (κ2) is 4.84. The van der Waals surface area contributed by atoms with Gasteiger partial charge in [-0.2, -0.15) is 0 Å². The zero-order chi connectivity index (χ0) is 11.7. The zero-order valence-corrected chi connectivity index (χ0v) is 10.8. The van der Waals surface area contributed by atoms with Crippen molar-refractivity contribution in [2.75, 3.05) is 33.4 Å². The van der Waals surface area contributed by atoms with E-state index in [9.17, 15) is 0 Å². The summed E-state index contributed by atoms with van der Waals surface area (Å²) >= 11 is 0. The lowest BCUT2D eigenvalue weighted by Crippen LogP contribution is -2.47. The molecule has 1 N–H and O–H groups in total. The van der Waals surface area contributed by atoms with Crippen LogP contribution < -0.4 is 5.32 Å². The molecular weight excluding hydrogens is 216 g/mol. The molecule has 3 rings (SSSR count). The molecule has 1 aliphatic carbocycles. The summed E-state index contributed by atoms with van der Waals surface area (Å²) in [6, 6.07) is 1.46. The Labute approximate surface area is 104 Å². The van der Waals surface area contributed by atoms with Crippen molar-refractivity contribution in [1.29, 1.82) is 0 Å². The van der Waals surface area contributed by atoms with Crippen molar-refractivity contribution < 1.29 is 9.47 Å². The molecule has 2 aliphatic heterocycles. The molecule has 0 aromatic rings. The molecule has 0 aromatic heterocycles. The Morgan fingerprint density at radius 1 is 1.06 bits per heavy atom. The molecule has 3 aliphatic rings. The number of hydrogen-bond donors (Lipinski definition) is 1. The summed E-state index contributed by atoms with van der Waals surface area (Å²) in [7, 11) is 2.29. The van der Waals surface area contributed by atoms with E-state index in [0.717, 1.165) is 44.7 Å². The molecule has 0 amide bonds. The van der Waals surface area contributed by atoms with E-state index in [1.807, 2.05) is 0 Å². The number of ether oxygens (including phenoxy) is 2. The summed E-state index contributed by atoms with van der Waals surface area (Å²) in [5, 5.41) is 3.45. The number of nitrogens with one attached hydrogen (secondary N) is 1. The average Bonchev–Trinajstić information content (AvgIpc) is 3.01. The van der Waals surface area contributed by atoms with Crippen LogP contribution in [0.3, 0.4) is 0 Å². The van der Waals surface area contributed by atoms with E-state index < -0.39 is 0 Å². The summed E-state index contributed by atoms with van der Waals surface area (Å²) in [6.45, 7) is 3.91. The molecule has 1 saturated carbocycles. The molecule has 4 heteroatoms. The molecular formula is C13H24N2O2. The predicted octanol–water partition coefficient (Wildman–Crippen LogP) is 0.966. The number of likely N-dealkylation sites (N-methyl/N-ethyl adjacent to an activating group) is 1. The van der Waals surface area contributed by atoms with Gasteiger partial charge in [0.2, 0.25) is 0 Å². The lowest BCUT2D eigenvalue weighted by Gasteiger charge is -2.41. The Hall–Kier alpha value is -0.160. The van der Waals surface area contributed by atoms with Gasteiger partial charge in [-0.05, 0) is 32.9 Å². The fraction of sp³-hybridized carbons (Fsp3) is 1.00. The smallest absolute Gasteiger partial charge is 0.168 e. The highest BCUT2D eigenvalue weighted by molar-refractivity contribution is 4.89. The lowest BCUT2D eigenvalue weighted by molar-refractivity contribution is -0.184. The lowest BCUT2D eigenvalue weighted by atomic mass is 9.88. The minimum absolute atomic E-state index is 0.203. The first-order valence-corrected chi connectivity index (χ1v) is 7.00. The molecule has 0 aromatic carbocycles. The summed E-state index contributed by atoms with van der Waals surface area (Å²) in [5.74, 6) is -0.203. The van der Waals surface area contributed by atoms with Gasteiger partial charge in [-0.25, -0.2) is 0 Å². The summed E-state index contributed by atoms with van der Waals surface area (Å²) in [6.07, 6.45) is 5.87. The zero-order valence-electron chi connectivity index (χ0n) is 10.8. The van der Waals surface area contributed by atoms with E-state index in [2.05, 4.69) is 17.3 Å². The molecule has 0 radical (unpaired) electrons. The summed E-state index contributed by atoms with van der Waals surface area (Å²) in [4.78, 5) is 2.59. The fourth-order valence-electron chi connectivity index (χ4n) is 3.52. The Morgan fingerprint density at radius 2 is 1.76 bits per heavy atom. The van der Waals surface area contributed by atoms with Gasteiger partial charge in [0.25, 0.3) is 0 Å². The van der Waals surface area contributed by atoms with Gasteiger partial charge >= 0.3 is 0 Å². The van der Waals surface area contributed by atoms with Gasteiger partial charge in [-0.15, -0.1) is 0 Å². The van der Waals surface area contributed by atoms with Crippen molar-refractivity contribution >= 4 is 0 Å². The number of rotatable bonds is 2. The van der Waals surface area contributed by atoms with Crippen LogP contribution >= 0.6 is 0 Å². The van der Waals surface area contributed by atoms with Gasteiger partial charge in [0, 0.05) is 31.5 Å².